The minimum absolute atomic E-state index is 0.389. The summed E-state index contributed by atoms with van der Waals surface area (Å²) in [5.74, 6) is -1.17. The molecule has 0 bridgehead atoms. The summed E-state index contributed by atoms with van der Waals surface area (Å²) >= 11 is 2.54. The zero-order valence-electron chi connectivity index (χ0n) is 19.9. The molecule has 0 aliphatic heterocycles. The standard InChI is InChI=1S/C29H24FNO4S2/c1-18(22-12-15-36-17-22)35-28(34)31-37-26-16-24(30)10-11-25(26)21-4-2-19(3-5-21)20-6-8-23(9-7-20)29(13-14-29)27(32)33/h2-12,15-18H,13-14H2,1H3,(H,31,34)(H,32,33). The number of aliphatic carboxylic acids is 1. The number of carbonyl (C=O) groups is 2. The zero-order valence-corrected chi connectivity index (χ0v) is 21.6. The summed E-state index contributed by atoms with van der Waals surface area (Å²) in [7, 11) is 0. The van der Waals surface area contributed by atoms with Crippen LogP contribution in [0.15, 0.2) is 88.5 Å². The van der Waals surface area contributed by atoms with E-state index in [1.807, 2.05) is 65.4 Å². The van der Waals surface area contributed by atoms with E-state index in [4.69, 9.17) is 4.74 Å². The van der Waals surface area contributed by atoms with Gasteiger partial charge in [-0.15, -0.1) is 0 Å². The maximum Gasteiger partial charge on any atom is 0.418 e. The molecule has 1 fully saturated rings. The van der Waals surface area contributed by atoms with E-state index in [1.165, 1.54) is 23.5 Å². The molecule has 1 aliphatic rings. The molecule has 1 heterocycles. The van der Waals surface area contributed by atoms with Crippen LogP contribution in [0.25, 0.3) is 22.3 Å². The van der Waals surface area contributed by atoms with Crippen molar-refractivity contribution in [2.24, 2.45) is 0 Å². The summed E-state index contributed by atoms with van der Waals surface area (Å²) in [6, 6.07) is 21.8. The first-order valence-corrected chi connectivity index (χ1v) is 13.5. The van der Waals surface area contributed by atoms with Crippen LogP contribution in [0.1, 0.15) is 37.0 Å². The Morgan fingerprint density at radius 1 is 1.00 bits per heavy atom. The fourth-order valence-corrected chi connectivity index (χ4v) is 5.70. The number of carboxylic acids is 1. The fraction of sp³-hybridized carbons (Fsp3) is 0.172. The smallest absolute Gasteiger partial charge is 0.418 e. The van der Waals surface area contributed by atoms with Crippen molar-refractivity contribution < 1.29 is 23.8 Å². The predicted octanol–water partition coefficient (Wildman–Crippen LogP) is 7.83. The lowest BCUT2D eigenvalue weighted by molar-refractivity contribution is -0.140. The number of carbonyl (C=O) groups excluding carboxylic acids is 1. The summed E-state index contributed by atoms with van der Waals surface area (Å²) in [6.07, 6.45) is 0.358. The second kappa shape index (κ2) is 10.4. The molecule has 2 N–H and O–H groups in total. The highest BCUT2D eigenvalue weighted by atomic mass is 32.2. The number of thiophene rings is 1. The molecule has 0 saturated heterocycles. The number of halogens is 1. The van der Waals surface area contributed by atoms with Gasteiger partial charge in [0.25, 0.3) is 0 Å². The van der Waals surface area contributed by atoms with E-state index in [0.29, 0.717) is 17.7 Å². The van der Waals surface area contributed by atoms with Crippen molar-refractivity contribution in [3.63, 3.8) is 0 Å². The molecule has 4 aromatic rings. The van der Waals surface area contributed by atoms with Gasteiger partial charge in [0.15, 0.2) is 0 Å². The number of nitrogens with one attached hydrogen (secondary N) is 1. The average molecular weight is 534 g/mol. The summed E-state index contributed by atoms with van der Waals surface area (Å²) in [4.78, 5) is 24.4. The van der Waals surface area contributed by atoms with Gasteiger partial charge >= 0.3 is 12.1 Å². The lowest BCUT2D eigenvalue weighted by Gasteiger charge is -2.14. The molecule has 5 nitrogen and oxygen atoms in total. The fourth-order valence-electron chi connectivity index (χ4n) is 4.25. The van der Waals surface area contributed by atoms with E-state index in [-0.39, 0.29) is 6.10 Å². The van der Waals surface area contributed by atoms with Gasteiger partial charge in [0.2, 0.25) is 0 Å². The number of hydrogen-bond donors (Lipinski definition) is 2. The van der Waals surface area contributed by atoms with E-state index in [9.17, 15) is 19.1 Å². The number of hydrogen-bond acceptors (Lipinski definition) is 5. The van der Waals surface area contributed by atoms with Crippen LogP contribution in [0.5, 0.6) is 0 Å². The van der Waals surface area contributed by atoms with E-state index >= 15 is 0 Å². The van der Waals surface area contributed by atoms with Gasteiger partial charge in [-0.3, -0.25) is 9.52 Å². The van der Waals surface area contributed by atoms with Crippen LogP contribution in [-0.2, 0) is 14.9 Å². The number of rotatable bonds is 8. The quantitative estimate of drug-likeness (QED) is 0.226. The Bertz CT molecular complexity index is 1420. The highest BCUT2D eigenvalue weighted by Crippen LogP contribution is 2.48. The highest BCUT2D eigenvalue weighted by Gasteiger charge is 2.51. The number of ether oxygens (including phenoxy) is 1. The second-order valence-corrected chi connectivity index (χ2v) is 10.6. The van der Waals surface area contributed by atoms with Gasteiger partial charge < -0.3 is 9.84 Å². The molecule has 8 heteroatoms. The van der Waals surface area contributed by atoms with Crippen molar-refractivity contribution in [1.82, 2.24) is 4.72 Å². The van der Waals surface area contributed by atoms with Crippen molar-refractivity contribution in [1.29, 1.82) is 0 Å². The molecule has 37 heavy (non-hydrogen) atoms. The Morgan fingerprint density at radius 3 is 2.24 bits per heavy atom. The first-order chi connectivity index (χ1) is 17.9. The molecular formula is C29H24FNO4S2. The second-order valence-electron chi connectivity index (χ2n) is 8.99. The molecule has 5 rings (SSSR count). The predicted molar refractivity (Wildman–Crippen MR) is 144 cm³/mol. The third kappa shape index (κ3) is 5.40. The molecule has 1 unspecified atom stereocenters. The summed E-state index contributed by atoms with van der Waals surface area (Å²) in [5.41, 5.74) is 4.64. The Balaban J connectivity index is 1.29. The minimum atomic E-state index is -0.766. The maximum absolute atomic E-state index is 14.0. The molecule has 188 valence electrons. The van der Waals surface area contributed by atoms with Crippen LogP contribution in [0.2, 0.25) is 0 Å². The van der Waals surface area contributed by atoms with Crippen molar-refractivity contribution in [3.8, 4) is 22.3 Å². The van der Waals surface area contributed by atoms with Gasteiger partial charge in [0.05, 0.1) is 5.41 Å². The van der Waals surface area contributed by atoms with Crippen LogP contribution in [0, 0.1) is 5.82 Å². The van der Waals surface area contributed by atoms with Gasteiger partial charge in [-0.05, 0) is 88.5 Å². The topological polar surface area (TPSA) is 75.6 Å². The van der Waals surface area contributed by atoms with Crippen LogP contribution in [0.3, 0.4) is 0 Å². The molecule has 3 aromatic carbocycles. The zero-order chi connectivity index (χ0) is 26.0. The van der Waals surface area contributed by atoms with Gasteiger partial charge in [-0.1, -0.05) is 54.6 Å². The van der Waals surface area contributed by atoms with E-state index in [0.717, 1.165) is 45.3 Å². The molecule has 1 aliphatic carbocycles. The molecule has 0 radical (unpaired) electrons. The van der Waals surface area contributed by atoms with Gasteiger partial charge in [0.1, 0.15) is 11.9 Å². The first-order valence-electron chi connectivity index (χ1n) is 11.8. The Kier molecular flexibility index (Phi) is 7.04. The molecule has 1 aromatic heterocycles. The number of benzene rings is 3. The lowest BCUT2D eigenvalue weighted by Crippen LogP contribution is -2.19. The summed E-state index contributed by atoms with van der Waals surface area (Å²) < 4.78 is 22.1. The van der Waals surface area contributed by atoms with Crippen molar-refractivity contribution in [2.45, 2.75) is 36.2 Å². The maximum atomic E-state index is 14.0. The van der Waals surface area contributed by atoms with Crippen LogP contribution in [0.4, 0.5) is 9.18 Å². The van der Waals surface area contributed by atoms with Crippen LogP contribution >= 0.6 is 23.3 Å². The molecule has 0 spiro atoms. The third-order valence-corrected chi connectivity index (χ3v) is 8.14. The summed E-state index contributed by atoms with van der Waals surface area (Å²) in [6.45, 7) is 1.80. The van der Waals surface area contributed by atoms with Crippen molar-refractivity contribution in [3.05, 3.63) is 101 Å². The molecule has 1 amide bonds. The monoisotopic (exact) mass is 533 g/mol. The Labute approximate surface area is 222 Å². The van der Waals surface area contributed by atoms with Crippen LogP contribution in [-0.4, -0.2) is 17.2 Å². The van der Waals surface area contributed by atoms with Crippen LogP contribution < -0.4 is 4.72 Å². The van der Waals surface area contributed by atoms with Crippen molar-refractivity contribution >= 4 is 35.3 Å². The first kappa shape index (κ1) is 25.0. The summed E-state index contributed by atoms with van der Waals surface area (Å²) in [5, 5.41) is 13.4. The third-order valence-electron chi connectivity index (χ3n) is 6.61. The van der Waals surface area contributed by atoms with Gasteiger partial charge in [0, 0.05) is 10.5 Å². The van der Waals surface area contributed by atoms with Gasteiger partial charge in [-0.25, -0.2) is 9.18 Å². The molecule has 1 saturated carbocycles. The minimum Gasteiger partial charge on any atom is -0.481 e. The Hall–Kier alpha value is -3.62. The average Bonchev–Trinajstić information content (AvgIpc) is 3.54. The van der Waals surface area contributed by atoms with Gasteiger partial charge in [-0.2, -0.15) is 11.3 Å². The Morgan fingerprint density at radius 2 is 1.65 bits per heavy atom. The van der Waals surface area contributed by atoms with Crippen molar-refractivity contribution in [2.75, 3.05) is 0 Å². The SMILES string of the molecule is CC(OC(=O)NSc1cc(F)ccc1-c1ccc(-c2ccc(C3(C(=O)O)CC3)cc2)cc1)c1ccsc1. The van der Waals surface area contributed by atoms with E-state index in [1.54, 1.807) is 13.0 Å². The lowest BCUT2D eigenvalue weighted by atomic mass is 9.93. The molecular weight excluding hydrogens is 509 g/mol. The molecule has 1 atom stereocenters. The highest BCUT2D eigenvalue weighted by molar-refractivity contribution is 7.98. The number of amides is 1. The van der Waals surface area contributed by atoms with E-state index < -0.39 is 23.3 Å². The normalized spacial score (nSPS) is 14.5. The number of carboxylic acid groups (broad SMARTS) is 1. The van der Waals surface area contributed by atoms with E-state index in [2.05, 4.69) is 4.72 Å². The largest absolute Gasteiger partial charge is 0.481 e.